The molecule has 3 aliphatic heterocycles. The number of piperidine rings is 1. The predicted octanol–water partition coefficient (Wildman–Crippen LogP) is 2.45. The summed E-state index contributed by atoms with van der Waals surface area (Å²) in [6.45, 7) is 4.19. The number of carbonyl (C=O) groups is 2. The average molecular weight is 557 g/mol. The van der Waals surface area contributed by atoms with Gasteiger partial charge in [0.15, 0.2) is 0 Å². The Labute approximate surface area is 236 Å². The molecule has 210 valence electrons. The maximum atomic E-state index is 15.3. The zero-order valence-electron chi connectivity index (χ0n) is 22.4. The summed E-state index contributed by atoms with van der Waals surface area (Å²) in [6, 6.07) is 10.7. The zero-order chi connectivity index (χ0) is 28.1. The van der Waals surface area contributed by atoms with Crippen molar-refractivity contribution in [2.24, 2.45) is 11.8 Å². The molecule has 0 N–H and O–H groups in total. The van der Waals surface area contributed by atoms with E-state index in [1.165, 1.54) is 11.0 Å². The number of pyridine rings is 1. The van der Waals surface area contributed by atoms with Crippen LogP contribution >= 0.6 is 0 Å². The van der Waals surface area contributed by atoms with Crippen LogP contribution in [0.5, 0.6) is 0 Å². The van der Waals surface area contributed by atoms with Gasteiger partial charge >= 0.3 is 6.09 Å². The molecule has 2 unspecified atom stereocenters. The van der Waals surface area contributed by atoms with Crippen LogP contribution in [0.3, 0.4) is 0 Å². The van der Waals surface area contributed by atoms with Crippen molar-refractivity contribution < 1.29 is 18.7 Å². The van der Waals surface area contributed by atoms with E-state index in [9.17, 15) is 14.9 Å². The number of ether oxygens (including phenoxy) is 1. The summed E-state index contributed by atoms with van der Waals surface area (Å²) < 4.78 is 22.3. The number of hydrogen-bond acceptors (Lipinski definition) is 8. The van der Waals surface area contributed by atoms with Crippen LogP contribution in [-0.2, 0) is 21.5 Å². The summed E-state index contributed by atoms with van der Waals surface area (Å²) in [7, 11) is 0. The molecule has 11 nitrogen and oxygen atoms in total. The van der Waals surface area contributed by atoms with Gasteiger partial charge in [-0.2, -0.15) is 5.26 Å². The van der Waals surface area contributed by atoms with Crippen LogP contribution in [0.15, 0.2) is 48.9 Å². The Morgan fingerprint density at radius 3 is 2.61 bits per heavy atom. The van der Waals surface area contributed by atoms with E-state index >= 15 is 4.39 Å². The van der Waals surface area contributed by atoms with Crippen molar-refractivity contribution in [3.05, 3.63) is 60.4 Å². The van der Waals surface area contributed by atoms with E-state index in [1.54, 1.807) is 47.5 Å². The van der Waals surface area contributed by atoms with Crippen LogP contribution < -0.4 is 4.90 Å². The Kier molecular flexibility index (Phi) is 6.19. The first kappa shape index (κ1) is 25.6. The van der Waals surface area contributed by atoms with Crippen LogP contribution in [0.2, 0.25) is 0 Å². The Balaban J connectivity index is 1.01. The standard InChI is InChI=1S/C29H29FN8O3/c30-25-11-20(38-14-21(41-28(38)40)13-37-10-7-33-34-37)4-5-22(25)19-3-6-26(32-12-19)29(18-31)23-15-36(16-24(23)29)27(39)17-35-8-1-2-9-35/h3-7,10-12,21,23-24H,1-2,8-9,13-17H2/t21-,23?,24?,29?/m0/s1. The number of nitriles is 1. The highest BCUT2D eigenvalue weighted by Crippen LogP contribution is 2.62. The quantitative estimate of drug-likeness (QED) is 0.435. The van der Waals surface area contributed by atoms with Crippen LogP contribution in [0.4, 0.5) is 14.9 Å². The molecule has 1 aromatic carbocycles. The van der Waals surface area contributed by atoms with Crippen LogP contribution in [0.1, 0.15) is 18.5 Å². The van der Waals surface area contributed by atoms with Crippen LogP contribution in [-0.4, -0.2) is 87.2 Å². The SMILES string of the molecule is N#CC1(c2ccc(-c3ccc(N4C[C@H](Cn5ccnn5)OC4=O)cc3F)cn2)C2CN(C(=O)CN3CCCC3)CC21. The van der Waals surface area contributed by atoms with E-state index < -0.39 is 23.4 Å². The van der Waals surface area contributed by atoms with Crippen LogP contribution in [0, 0.1) is 29.0 Å². The van der Waals surface area contributed by atoms with E-state index in [4.69, 9.17) is 4.74 Å². The molecule has 5 heterocycles. The first-order valence-corrected chi connectivity index (χ1v) is 14.0. The fraction of sp³-hybridized carbons (Fsp3) is 0.448. The number of hydrogen-bond donors (Lipinski definition) is 0. The predicted molar refractivity (Wildman–Crippen MR) is 144 cm³/mol. The molecule has 3 atom stereocenters. The lowest BCUT2D eigenvalue weighted by atomic mass is 9.95. The molecule has 7 rings (SSSR count). The van der Waals surface area contributed by atoms with Gasteiger partial charge in [-0.3, -0.25) is 19.6 Å². The number of nitrogens with zero attached hydrogens (tertiary/aromatic N) is 8. The molecular formula is C29H29FN8O3. The third-order valence-corrected chi connectivity index (χ3v) is 8.98. The van der Waals surface area contributed by atoms with E-state index in [0.29, 0.717) is 48.7 Å². The molecule has 0 spiro atoms. The number of halogens is 1. The molecule has 12 heteroatoms. The number of carbonyl (C=O) groups excluding carboxylic acids is 2. The van der Waals surface area contributed by atoms with E-state index in [1.807, 2.05) is 4.90 Å². The van der Waals surface area contributed by atoms with Crippen molar-refractivity contribution in [2.75, 3.05) is 44.2 Å². The Hall–Kier alpha value is -4.37. The minimum Gasteiger partial charge on any atom is -0.442 e. The van der Waals surface area contributed by atoms with Gasteiger partial charge in [-0.1, -0.05) is 11.3 Å². The Morgan fingerprint density at radius 1 is 1.15 bits per heavy atom. The number of anilines is 1. The largest absolute Gasteiger partial charge is 0.442 e. The van der Waals surface area contributed by atoms with Crippen molar-refractivity contribution in [1.82, 2.24) is 29.8 Å². The van der Waals surface area contributed by atoms with Crippen molar-refractivity contribution >= 4 is 17.7 Å². The molecule has 2 aromatic heterocycles. The molecule has 1 saturated carbocycles. The lowest BCUT2D eigenvalue weighted by Gasteiger charge is -2.25. The van der Waals surface area contributed by atoms with E-state index in [2.05, 4.69) is 26.3 Å². The van der Waals surface area contributed by atoms with Gasteiger partial charge in [0.1, 0.15) is 17.3 Å². The summed E-state index contributed by atoms with van der Waals surface area (Å²) in [5, 5.41) is 17.8. The van der Waals surface area contributed by atoms with Crippen molar-refractivity contribution in [3.8, 4) is 17.2 Å². The van der Waals surface area contributed by atoms with Crippen molar-refractivity contribution in [3.63, 3.8) is 0 Å². The summed E-state index contributed by atoms with van der Waals surface area (Å²) in [6.07, 6.45) is 6.15. The molecule has 1 aliphatic carbocycles. The smallest absolute Gasteiger partial charge is 0.414 e. The van der Waals surface area contributed by atoms with Gasteiger partial charge in [-0.25, -0.2) is 13.9 Å². The highest BCUT2D eigenvalue weighted by atomic mass is 19.1. The number of amides is 2. The van der Waals surface area contributed by atoms with Crippen LogP contribution in [0.25, 0.3) is 11.1 Å². The number of aromatic nitrogens is 4. The summed E-state index contributed by atoms with van der Waals surface area (Å²) in [4.78, 5) is 35.3. The molecule has 4 fully saturated rings. The first-order chi connectivity index (χ1) is 20.0. The lowest BCUT2D eigenvalue weighted by Crippen LogP contribution is -2.41. The van der Waals surface area contributed by atoms with Gasteiger partial charge < -0.3 is 9.64 Å². The fourth-order valence-electron chi connectivity index (χ4n) is 6.74. The maximum absolute atomic E-state index is 15.3. The molecule has 2 amide bonds. The fourth-order valence-corrected chi connectivity index (χ4v) is 6.74. The van der Waals surface area contributed by atoms with Gasteiger partial charge in [0, 0.05) is 48.4 Å². The van der Waals surface area contributed by atoms with Gasteiger partial charge in [0.25, 0.3) is 0 Å². The highest BCUT2D eigenvalue weighted by Gasteiger charge is 2.71. The third-order valence-electron chi connectivity index (χ3n) is 8.98. The van der Waals surface area contributed by atoms with Gasteiger partial charge in [0.2, 0.25) is 5.91 Å². The lowest BCUT2D eigenvalue weighted by molar-refractivity contribution is -0.131. The monoisotopic (exact) mass is 556 g/mol. The summed E-state index contributed by atoms with van der Waals surface area (Å²) in [5.41, 5.74) is 1.29. The Morgan fingerprint density at radius 2 is 1.95 bits per heavy atom. The van der Waals surface area contributed by atoms with Gasteiger partial charge in [0.05, 0.1) is 43.3 Å². The molecule has 4 aliphatic rings. The summed E-state index contributed by atoms with van der Waals surface area (Å²) >= 11 is 0. The number of rotatable bonds is 7. The van der Waals surface area contributed by atoms with E-state index in [0.717, 1.165) is 25.9 Å². The molecule has 0 radical (unpaired) electrons. The second-order valence-electron chi connectivity index (χ2n) is 11.3. The second kappa shape index (κ2) is 9.92. The topological polar surface area (TPSA) is 120 Å². The number of cyclic esters (lactones) is 1. The molecule has 3 saturated heterocycles. The van der Waals surface area contributed by atoms with Crippen molar-refractivity contribution in [2.45, 2.75) is 30.9 Å². The molecule has 3 aromatic rings. The second-order valence-corrected chi connectivity index (χ2v) is 11.3. The number of likely N-dealkylation sites (tertiary alicyclic amines) is 2. The minimum atomic E-state index is -0.704. The molecular weight excluding hydrogens is 527 g/mol. The number of fused-ring (bicyclic) bond motifs is 1. The van der Waals surface area contributed by atoms with Gasteiger partial charge in [-0.05, 0) is 50.2 Å². The number of benzene rings is 1. The highest BCUT2D eigenvalue weighted by molar-refractivity contribution is 5.90. The minimum absolute atomic E-state index is 0.0676. The van der Waals surface area contributed by atoms with Crippen molar-refractivity contribution in [1.29, 1.82) is 5.26 Å². The third kappa shape index (κ3) is 4.41. The zero-order valence-corrected chi connectivity index (χ0v) is 22.4. The average Bonchev–Trinajstić information content (AvgIpc) is 3.65. The maximum Gasteiger partial charge on any atom is 0.414 e. The first-order valence-electron chi connectivity index (χ1n) is 14.0. The normalized spacial score (nSPS) is 27.1. The van der Waals surface area contributed by atoms with Gasteiger partial charge in [-0.15, -0.1) is 5.10 Å². The molecule has 41 heavy (non-hydrogen) atoms. The molecule has 0 bridgehead atoms. The summed E-state index contributed by atoms with van der Waals surface area (Å²) in [5.74, 6) is -0.216. The Bertz CT molecular complexity index is 1500. The van der Waals surface area contributed by atoms with E-state index in [-0.39, 0.29) is 24.3 Å².